The maximum absolute atomic E-state index is 13.1. The molecular weight excluding hydrogens is 365 g/mol. The molecule has 0 spiro atoms. The Morgan fingerprint density at radius 1 is 1.14 bits per heavy atom. The minimum absolute atomic E-state index is 0.117. The molecule has 7 nitrogen and oxygen atoms in total. The molecule has 8 heteroatoms. The molecule has 0 unspecified atom stereocenters. The molecule has 2 aromatic carbocycles. The zero-order chi connectivity index (χ0) is 20.3. The van der Waals surface area contributed by atoms with E-state index in [0.717, 1.165) is 11.1 Å². The molecule has 1 amide bonds. The van der Waals surface area contributed by atoms with Gasteiger partial charge in [-0.25, -0.2) is 13.8 Å². The minimum Gasteiger partial charge on any atom is -0.496 e. The van der Waals surface area contributed by atoms with E-state index in [4.69, 9.17) is 14.1 Å². The van der Waals surface area contributed by atoms with E-state index in [-0.39, 0.29) is 6.54 Å². The fraction of sp³-hybridized carbons (Fsp3) is 0.350. The smallest absolute Gasteiger partial charge is 0.414 e. The van der Waals surface area contributed by atoms with Crippen LogP contribution in [0.5, 0.6) is 5.75 Å². The fourth-order valence-electron chi connectivity index (χ4n) is 2.76. The van der Waals surface area contributed by atoms with Crippen molar-refractivity contribution in [2.24, 2.45) is 0 Å². The topological polar surface area (TPSA) is 77.7 Å². The number of methoxy groups -OCH3 is 1. The third-order valence-electron chi connectivity index (χ3n) is 3.98. The molecule has 1 aromatic heterocycles. The summed E-state index contributed by atoms with van der Waals surface area (Å²) in [6.45, 7) is 4.47. The van der Waals surface area contributed by atoms with Crippen LogP contribution in [0.4, 0.5) is 14.9 Å². The van der Waals surface area contributed by atoms with Crippen molar-refractivity contribution in [1.29, 1.82) is 0 Å². The summed E-state index contributed by atoms with van der Waals surface area (Å²) >= 11 is 0. The Balaban J connectivity index is 1.97. The number of rotatable bonds is 5. The van der Waals surface area contributed by atoms with Gasteiger partial charge in [-0.1, -0.05) is 6.07 Å². The van der Waals surface area contributed by atoms with E-state index in [1.807, 2.05) is 12.1 Å². The summed E-state index contributed by atoms with van der Waals surface area (Å²) in [4.78, 5) is 13.7. The zero-order valence-corrected chi connectivity index (χ0v) is 16.2. The summed E-state index contributed by atoms with van der Waals surface area (Å²) in [5, 5.41) is 7.64. The Labute approximate surface area is 162 Å². The van der Waals surface area contributed by atoms with Gasteiger partial charge in [0.1, 0.15) is 29.1 Å². The second-order valence-corrected chi connectivity index (χ2v) is 7.17. The fourth-order valence-corrected chi connectivity index (χ4v) is 2.76. The van der Waals surface area contributed by atoms with E-state index in [2.05, 4.69) is 10.3 Å². The third-order valence-corrected chi connectivity index (χ3v) is 3.98. The highest BCUT2D eigenvalue weighted by atomic mass is 19.1. The molecule has 0 aliphatic heterocycles. The van der Waals surface area contributed by atoms with Crippen LogP contribution < -0.4 is 9.64 Å². The van der Waals surface area contributed by atoms with Crippen LogP contribution >= 0.6 is 0 Å². The van der Waals surface area contributed by atoms with Gasteiger partial charge in [-0.2, -0.15) is 0 Å². The summed E-state index contributed by atoms with van der Waals surface area (Å²) in [5.74, 6) is 0.528. The monoisotopic (exact) mass is 387 g/mol. The molecule has 0 radical (unpaired) electrons. The lowest BCUT2D eigenvalue weighted by molar-refractivity contribution is 0.0578. The highest BCUT2D eigenvalue weighted by molar-refractivity contribution is 5.90. The van der Waals surface area contributed by atoms with Gasteiger partial charge in [-0.3, -0.25) is 4.90 Å². The van der Waals surface area contributed by atoms with Crippen LogP contribution in [-0.2, 0) is 4.74 Å². The molecule has 0 aliphatic carbocycles. The first-order valence-electron chi connectivity index (χ1n) is 8.79. The number of ether oxygens (including phenoxy) is 2. The van der Waals surface area contributed by atoms with Gasteiger partial charge in [0, 0.05) is 11.6 Å². The normalized spacial score (nSPS) is 11.5. The molecule has 0 aliphatic rings. The van der Waals surface area contributed by atoms with Gasteiger partial charge < -0.3 is 9.47 Å². The lowest BCUT2D eigenvalue weighted by Crippen LogP contribution is -2.38. The Morgan fingerprint density at radius 2 is 1.89 bits per heavy atom. The highest BCUT2D eigenvalue weighted by Crippen LogP contribution is 2.35. The maximum Gasteiger partial charge on any atom is 0.414 e. The standard InChI is InChI=1S/C20H22FN3O4/c1-20(2,3)27-19(25)24(10-9-21)14-6-7-15(18(12-14)26-4)13-5-8-16-17(11-13)23-28-22-16/h5-8,11-12H,9-10H2,1-4H3. The van der Waals surface area contributed by atoms with Crippen molar-refractivity contribution in [3.63, 3.8) is 0 Å². The van der Waals surface area contributed by atoms with Crippen LogP contribution in [0, 0.1) is 0 Å². The number of anilines is 1. The number of amides is 1. The van der Waals surface area contributed by atoms with E-state index in [0.29, 0.717) is 22.5 Å². The average Bonchev–Trinajstić information content (AvgIpc) is 3.11. The second kappa shape index (κ2) is 7.84. The second-order valence-electron chi connectivity index (χ2n) is 7.17. The predicted octanol–water partition coefficient (Wildman–Crippen LogP) is 4.61. The molecule has 0 bridgehead atoms. The number of alkyl halides is 1. The molecule has 0 fully saturated rings. The number of hydrogen-bond acceptors (Lipinski definition) is 6. The summed E-state index contributed by atoms with van der Waals surface area (Å²) < 4.78 is 28.7. The van der Waals surface area contributed by atoms with E-state index < -0.39 is 18.4 Å². The van der Waals surface area contributed by atoms with E-state index in [9.17, 15) is 9.18 Å². The first-order valence-corrected chi connectivity index (χ1v) is 8.79. The van der Waals surface area contributed by atoms with Crippen LogP contribution in [-0.4, -0.2) is 42.3 Å². The molecular formula is C20H22FN3O4. The first-order chi connectivity index (χ1) is 13.3. The number of hydrogen-bond donors (Lipinski definition) is 0. The number of nitrogens with zero attached hydrogens (tertiary/aromatic N) is 3. The van der Waals surface area contributed by atoms with Gasteiger partial charge in [-0.15, -0.1) is 0 Å². The number of aromatic nitrogens is 2. The van der Waals surface area contributed by atoms with E-state index >= 15 is 0 Å². The van der Waals surface area contributed by atoms with Gasteiger partial charge in [0.2, 0.25) is 0 Å². The molecule has 0 N–H and O–H groups in total. The molecule has 0 saturated heterocycles. The Morgan fingerprint density at radius 3 is 2.57 bits per heavy atom. The highest BCUT2D eigenvalue weighted by Gasteiger charge is 2.24. The number of carbonyl (C=O) groups is 1. The van der Waals surface area contributed by atoms with E-state index in [1.54, 1.807) is 45.0 Å². The SMILES string of the molecule is COc1cc(N(CCF)C(=O)OC(C)(C)C)ccc1-c1ccc2nonc2c1. The zero-order valence-electron chi connectivity index (χ0n) is 16.2. The lowest BCUT2D eigenvalue weighted by Gasteiger charge is -2.27. The van der Waals surface area contributed by atoms with Crippen molar-refractivity contribution >= 4 is 22.8 Å². The average molecular weight is 387 g/mol. The summed E-state index contributed by atoms with van der Waals surface area (Å²) in [6, 6.07) is 10.7. The molecule has 28 heavy (non-hydrogen) atoms. The van der Waals surface area contributed by atoms with Crippen molar-refractivity contribution in [3.8, 4) is 16.9 Å². The predicted molar refractivity (Wildman–Crippen MR) is 103 cm³/mol. The minimum atomic E-state index is -0.695. The number of carbonyl (C=O) groups excluding carboxylic acids is 1. The molecule has 0 saturated carbocycles. The maximum atomic E-state index is 13.1. The van der Waals surface area contributed by atoms with Crippen molar-refractivity contribution in [3.05, 3.63) is 36.4 Å². The molecule has 3 aromatic rings. The largest absolute Gasteiger partial charge is 0.496 e. The van der Waals surface area contributed by atoms with Gasteiger partial charge >= 0.3 is 6.09 Å². The molecule has 148 valence electrons. The van der Waals surface area contributed by atoms with Crippen molar-refractivity contribution in [2.75, 3.05) is 25.2 Å². The van der Waals surface area contributed by atoms with Gasteiger partial charge in [0.25, 0.3) is 0 Å². The quantitative estimate of drug-likeness (QED) is 0.636. The Bertz CT molecular complexity index is 981. The van der Waals surface area contributed by atoms with Crippen molar-refractivity contribution < 1.29 is 23.3 Å². The van der Waals surface area contributed by atoms with Crippen LogP contribution in [0.2, 0.25) is 0 Å². The number of benzene rings is 2. The van der Waals surface area contributed by atoms with Crippen LogP contribution in [0.3, 0.4) is 0 Å². The Kier molecular flexibility index (Phi) is 5.48. The molecule has 1 heterocycles. The number of halogens is 1. The van der Waals surface area contributed by atoms with Crippen molar-refractivity contribution in [2.45, 2.75) is 26.4 Å². The summed E-state index contributed by atoms with van der Waals surface area (Å²) in [6.07, 6.45) is -0.616. The summed E-state index contributed by atoms with van der Waals surface area (Å²) in [5.41, 5.74) is 2.71. The molecule has 0 atom stereocenters. The number of fused-ring (bicyclic) bond motifs is 1. The van der Waals surface area contributed by atoms with Gasteiger partial charge in [0.15, 0.2) is 0 Å². The first kappa shape index (κ1) is 19.6. The lowest BCUT2D eigenvalue weighted by atomic mass is 10.0. The Hall–Kier alpha value is -3.16. The van der Waals surface area contributed by atoms with Gasteiger partial charge in [-0.05, 0) is 60.9 Å². The van der Waals surface area contributed by atoms with Crippen LogP contribution in [0.25, 0.3) is 22.2 Å². The van der Waals surface area contributed by atoms with Crippen LogP contribution in [0.1, 0.15) is 20.8 Å². The molecule has 3 rings (SSSR count). The van der Waals surface area contributed by atoms with Gasteiger partial charge in [0.05, 0.1) is 19.3 Å². The third kappa shape index (κ3) is 4.21. The van der Waals surface area contributed by atoms with Crippen molar-refractivity contribution in [1.82, 2.24) is 10.3 Å². The summed E-state index contributed by atoms with van der Waals surface area (Å²) in [7, 11) is 1.53. The van der Waals surface area contributed by atoms with Crippen LogP contribution in [0.15, 0.2) is 41.0 Å². The van der Waals surface area contributed by atoms with E-state index in [1.165, 1.54) is 12.0 Å².